The molecule has 1 aliphatic rings. The first-order valence-electron chi connectivity index (χ1n) is 9.02. The van der Waals surface area contributed by atoms with Crippen molar-refractivity contribution in [2.45, 2.75) is 27.7 Å². The molecule has 1 fully saturated rings. The maximum absolute atomic E-state index is 12.7. The van der Waals surface area contributed by atoms with Gasteiger partial charge in [-0.25, -0.2) is 9.97 Å². The second kappa shape index (κ2) is 7.41. The number of carbonyl (C=O) groups is 1. The number of likely N-dealkylation sites (N-methyl/N-ethyl adjacent to an activating group) is 1. The van der Waals surface area contributed by atoms with Gasteiger partial charge in [0, 0.05) is 31.7 Å². The molecule has 0 spiro atoms. The number of hydrogen-bond donors (Lipinski definition) is 1. The zero-order chi connectivity index (χ0) is 18.8. The Hall–Kier alpha value is -2.47. The van der Waals surface area contributed by atoms with Gasteiger partial charge in [0.15, 0.2) is 0 Å². The SMILES string of the molecule is Cc1ccc(C)c(C(=O)Nc2c(C)nc(N3CCN(C)CC3)nc2C)c1. The van der Waals surface area contributed by atoms with Gasteiger partial charge in [-0.2, -0.15) is 0 Å². The van der Waals surface area contributed by atoms with Crippen LogP contribution in [0.2, 0.25) is 0 Å². The fourth-order valence-electron chi connectivity index (χ4n) is 3.19. The lowest BCUT2D eigenvalue weighted by atomic mass is 10.0. The highest BCUT2D eigenvalue weighted by Crippen LogP contribution is 2.22. The van der Waals surface area contributed by atoms with E-state index in [1.165, 1.54) is 0 Å². The molecule has 6 nitrogen and oxygen atoms in total. The van der Waals surface area contributed by atoms with Gasteiger partial charge >= 0.3 is 0 Å². The van der Waals surface area contributed by atoms with Gasteiger partial charge in [0.1, 0.15) is 0 Å². The number of hydrogen-bond acceptors (Lipinski definition) is 5. The number of amides is 1. The Morgan fingerprint density at radius 1 is 1.00 bits per heavy atom. The van der Waals surface area contributed by atoms with Crippen LogP contribution in [0.3, 0.4) is 0 Å². The molecule has 0 bridgehead atoms. The molecule has 2 aromatic rings. The van der Waals surface area contributed by atoms with Crippen LogP contribution in [0.4, 0.5) is 11.6 Å². The first-order chi connectivity index (χ1) is 12.3. The summed E-state index contributed by atoms with van der Waals surface area (Å²) in [6.07, 6.45) is 0. The zero-order valence-electron chi connectivity index (χ0n) is 16.3. The van der Waals surface area contributed by atoms with Crippen LogP contribution >= 0.6 is 0 Å². The van der Waals surface area contributed by atoms with Gasteiger partial charge < -0.3 is 15.1 Å². The average Bonchev–Trinajstić information content (AvgIpc) is 2.60. The van der Waals surface area contributed by atoms with Gasteiger partial charge in [-0.05, 0) is 46.4 Å². The van der Waals surface area contributed by atoms with Gasteiger partial charge in [0.2, 0.25) is 5.95 Å². The molecule has 26 heavy (non-hydrogen) atoms. The van der Waals surface area contributed by atoms with Crippen LogP contribution in [0.15, 0.2) is 18.2 Å². The van der Waals surface area contributed by atoms with Gasteiger partial charge in [0.25, 0.3) is 5.91 Å². The average molecular weight is 353 g/mol. The van der Waals surface area contributed by atoms with Crippen molar-refractivity contribution in [3.63, 3.8) is 0 Å². The third-order valence-corrected chi connectivity index (χ3v) is 4.92. The molecule has 0 saturated carbocycles. The van der Waals surface area contributed by atoms with Crippen LogP contribution in [-0.2, 0) is 0 Å². The number of aromatic nitrogens is 2. The molecule has 2 heterocycles. The van der Waals surface area contributed by atoms with Gasteiger partial charge in [-0.3, -0.25) is 4.79 Å². The fourth-order valence-corrected chi connectivity index (χ4v) is 3.19. The van der Waals surface area contributed by atoms with Crippen molar-refractivity contribution in [3.8, 4) is 0 Å². The second-order valence-electron chi connectivity index (χ2n) is 7.13. The molecule has 138 valence electrons. The Balaban J connectivity index is 1.82. The minimum absolute atomic E-state index is 0.117. The molecule has 1 amide bonds. The van der Waals surface area contributed by atoms with Gasteiger partial charge in [-0.15, -0.1) is 0 Å². The summed E-state index contributed by atoms with van der Waals surface area (Å²) in [5, 5.41) is 3.01. The molecule has 0 unspecified atom stereocenters. The van der Waals surface area contributed by atoms with Crippen molar-refractivity contribution in [1.82, 2.24) is 14.9 Å². The zero-order valence-corrected chi connectivity index (χ0v) is 16.3. The standard InChI is InChI=1S/C20H27N5O/c1-13-6-7-14(2)17(12-13)19(26)23-18-15(3)21-20(22-16(18)4)25-10-8-24(5)9-11-25/h6-7,12H,8-11H2,1-5H3,(H,23,26). The molecule has 0 atom stereocenters. The van der Waals surface area contributed by atoms with Crippen LogP contribution in [0.1, 0.15) is 32.9 Å². The number of nitrogens with one attached hydrogen (secondary N) is 1. The lowest BCUT2D eigenvalue weighted by Gasteiger charge is -2.32. The number of nitrogens with zero attached hydrogens (tertiary/aromatic N) is 4. The summed E-state index contributed by atoms with van der Waals surface area (Å²) in [5.74, 6) is 0.631. The minimum atomic E-state index is -0.117. The first-order valence-corrected chi connectivity index (χ1v) is 9.02. The molecule has 1 aromatic heterocycles. The smallest absolute Gasteiger partial charge is 0.256 e. The highest BCUT2D eigenvalue weighted by atomic mass is 16.1. The highest BCUT2D eigenvalue weighted by molar-refractivity contribution is 6.05. The van der Waals surface area contributed by atoms with Crippen molar-refractivity contribution in [3.05, 3.63) is 46.3 Å². The molecule has 6 heteroatoms. The summed E-state index contributed by atoms with van der Waals surface area (Å²) >= 11 is 0. The summed E-state index contributed by atoms with van der Waals surface area (Å²) in [4.78, 5) is 26.5. The van der Waals surface area contributed by atoms with E-state index >= 15 is 0 Å². The Labute approximate surface area is 155 Å². The molecule has 1 N–H and O–H groups in total. The Bertz CT molecular complexity index is 802. The third-order valence-electron chi connectivity index (χ3n) is 4.92. The summed E-state index contributed by atoms with van der Waals surface area (Å²) in [5.41, 5.74) is 5.00. The van der Waals surface area contributed by atoms with E-state index in [4.69, 9.17) is 0 Å². The molecule has 0 radical (unpaired) electrons. The van der Waals surface area contributed by atoms with E-state index in [1.54, 1.807) is 0 Å². The first kappa shape index (κ1) is 18.3. The monoisotopic (exact) mass is 353 g/mol. The van der Waals surface area contributed by atoms with Crippen LogP contribution in [0.25, 0.3) is 0 Å². The van der Waals surface area contributed by atoms with Gasteiger partial charge in [0.05, 0.1) is 17.1 Å². The molecule has 3 rings (SSSR count). The van der Waals surface area contributed by atoms with Crippen molar-refractivity contribution in [2.75, 3.05) is 43.4 Å². The maximum Gasteiger partial charge on any atom is 0.256 e. The van der Waals surface area contributed by atoms with Gasteiger partial charge in [-0.1, -0.05) is 17.7 Å². The third kappa shape index (κ3) is 3.85. The van der Waals surface area contributed by atoms with E-state index in [0.29, 0.717) is 11.3 Å². The number of carbonyl (C=O) groups excluding carboxylic acids is 1. The van der Waals surface area contributed by atoms with E-state index in [1.807, 2.05) is 45.9 Å². The maximum atomic E-state index is 12.7. The van der Waals surface area contributed by atoms with Crippen LogP contribution in [-0.4, -0.2) is 54.0 Å². The van der Waals surface area contributed by atoms with Crippen LogP contribution < -0.4 is 10.2 Å². The number of anilines is 2. The lowest BCUT2D eigenvalue weighted by molar-refractivity contribution is 0.102. The topological polar surface area (TPSA) is 61.4 Å². The minimum Gasteiger partial charge on any atom is -0.338 e. The Morgan fingerprint density at radius 3 is 2.23 bits per heavy atom. The Kier molecular flexibility index (Phi) is 5.23. The summed E-state index contributed by atoms with van der Waals surface area (Å²) in [7, 11) is 2.13. The van der Waals surface area contributed by atoms with Crippen LogP contribution in [0.5, 0.6) is 0 Å². The van der Waals surface area contributed by atoms with Crippen molar-refractivity contribution >= 4 is 17.5 Å². The van der Waals surface area contributed by atoms with E-state index < -0.39 is 0 Å². The number of rotatable bonds is 3. The quantitative estimate of drug-likeness (QED) is 0.919. The summed E-state index contributed by atoms with van der Waals surface area (Å²) < 4.78 is 0. The normalized spacial score (nSPS) is 15.2. The van der Waals surface area contributed by atoms with Crippen LogP contribution in [0, 0.1) is 27.7 Å². The molecule has 1 aliphatic heterocycles. The molecule has 0 aliphatic carbocycles. The number of aryl methyl sites for hydroxylation is 4. The fraction of sp³-hybridized carbons (Fsp3) is 0.450. The summed E-state index contributed by atoms with van der Waals surface area (Å²) in [6.45, 7) is 11.6. The van der Waals surface area contributed by atoms with E-state index in [0.717, 1.165) is 54.6 Å². The predicted octanol–water partition coefficient (Wildman–Crippen LogP) is 2.71. The number of piperazine rings is 1. The molecule has 1 saturated heterocycles. The second-order valence-corrected chi connectivity index (χ2v) is 7.13. The lowest BCUT2D eigenvalue weighted by Crippen LogP contribution is -2.45. The van der Waals surface area contributed by atoms with E-state index in [-0.39, 0.29) is 5.91 Å². The largest absolute Gasteiger partial charge is 0.338 e. The van der Waals surface area contributed by atoms with Crippen molar-refractivity contribution in [1.29, 1.82) is 0 Å². The molecular weight excluding hydrogens is 326 g/mol. The number of benzene rings is 1. The predicted molar refractivity (Wildman–Crippen MR) is 105 cm³/mol. The van der Waals surface area contributed by atoms with E-state index in [9.17, 15) is 4.79 Å². The van der Waals surface area contributed by atoms with E-state index in [2.05, 4.69) is 32.1 Å². The van der Waals surface area contributed by atoms with Crippen molar-refractivity contribution < 1.29 is 4.79 Å². The molecule has 1 aromatic carbocycles. The highest BCUT2D eigenvalue weighted by Gasteiger charge is 2.20. The molecular formula is C20H27N5O. The Morgan fingerprint density at radius 2 is 1.62 bits per heavy atom. The summed E-state index contributed by atoms with van der Waals surface area (Å²) in [6, 6.07) is 5.89. The van der Waals surface area contributed by atoms with Crippen molar-refractivity contribution in [2.24, 2.45) is 0 Å².